The second-order valence-electron chi connectivity index (χ2n) is 5.38. The third-order valence-electron chi connectivity index (χ3n) is 3.52. The second kappa shape index (κ2) is 7.51. The highest BCUT2D eigenvalue weighted by Crippen LogP contribution is 2.24. The average molecular weight is 373 g/mol. The van der Waals surface area contributed by atoms with Crippen LogP contribution in [0.5, 0.6) is 0 Å². The summed E-state index contributed by atoms with van der Waals surface area (Å²) in [5.41, 5.74) is 6.12. The third kappa shape index (κ3) is 4.07. The van der Waals surface area contributed by atoms with E-state index in [1.54, 1.807) is 24.3 Å². The number of amides is 1. The molecule has 126 valence electrons. The van der Waals surface area contributed by atoms with Crippen LogP contribution in [-0.2, 0) is 0 Å². The summed E-state index contributed by atoms with van der Waals surface area (Å²) in [5.74, 6) is -0.403. The zero-order valence-corrected chi connectivity index (χ0v) is 14.8. The fourth-order valence-electron chi connectivity index (χ4n) is 2.15. The van der Waals surface area contributed by atoms with Crippen LogP contribution in [0.2, 0.25) is 10.0 Å². The third-order valence-corrected chi connectivity index (χ3v) is 4.35. The number of hydrogen-bond acceptors (Lipinski definition) is 3. The normalized spacial score (nSPS) is 11.0. The van der Waals surface area contributed by atoms with Crippen LogP contribution in [0.3, 0.4) is 0 Å². The van der Waals surface area contributed by atoms with Gasteiger partial charge in [-0.15, -0.1) is 0 Å². The Morgan fingerprint density at radius 1 is 1.20 bits per heavy atom. The van der Waals surface area contributed by atoms with Crippen LogP contribution in [-0.4, -0.2) is 22.3 Å². The van der Waals surface area contributed by atoms with E-state index in [4.69, 9.17) is 23.2 Å². The molecule has 0 radical (unpaired) electrons. The zero-order chi connectivity index (χ0) is 17.8. The molecule has 0 aliphatic carbocycles. The molecule has 25 heavy (non-hydrogen) atoms. The van der Waals surface area contributed by atoms with Crippen molar-refractivity contribution < 1.29 is 4.79 Å². The van der Waals surface area contributed by atoms with Crippen molar-refractivity contribution in [3.63, 3.8) is 0 Å². The molecule has 5 nitrogen and oxygen atoms in total. The molecule has 2 N–H and O–H groups in total. The standard InChI is InChI=1S/C18H14Cl2N4O/c1-11-5-7-12(8-6-11)15-9-16(23-22-15)18(25)24-21-10-13-3-2-4-14(19)17(13)20/h2-10H,1H3,(H,22,23)(H,24,25)/b21-10+. The van der Waals surface area contributed by atoms with Crippen molar-refractivity contribution in [2.75, 3.05) is 0 Å². The lowest BCUT2D eigenvalue weighted by atomic mass is 10.1. The van der Waals surface area contributed by atoms with E-state index in [9.17, 15) is 4.79 Å². The van der Waals surface area contributed by atoms with Crippen molar-refractivity contribution in [3.8, 4) is 11.3 Å². The molecule has 3 rings (SSSR count). The van der Waals surface area contributed by atoms with Gasteiger partial charge in [-0.05, 0) is 19.1 Å². The van der Waals surface area contributed by atoms with Crippen LogP contribution < -0.4 is 5.43 Å². The highest BCUT2D eigenvalue weighted by molar-refractivity contribution is 6.43. The Kier molecular flexibility index (Phi) is 5.16. The molecule has 7 heteroatoms. The molecular weight excluding hydrogens is 359 g/mol. The molecule has 0 bridgehead atoms. The van der Waals surface area contributed by atoms with Crippen molar-refractivity contribution in [3.05, 3.63) is 75.4 Å². The summed E-state index contributed by atoms with van der Waals surface area (Å²) >= 11 is 12.0. The summed E-state index contributed by atoms with van der Waals surface area (Å²) in [6, 6.07) is 14.7. The van der Waals surface area contributed by atoms with Gasteiger partial charge in [-0.3, -0.25) is 9.89 Å². The van der Waals surface area contributed by atoms with Crippen LogP contribution in [0, 0.1) is 6.92 Å². The Balaban J connectivity index is 1.69. The number of H-pyrrole nitrogens is 1. The minimum atomic E-state index is -0.403. The zero-order valence-electron chi connectivity index (χ0n) is 13.3. The van der Waals surface area contributed by atoms with E-state index in [1.165, 1.54) is 6.21 Å². The van der Waals surface area contributed by atoms with Crippen molar-refractivity contribution in [2.45, 2.75) is 6.92 Å². The largest absolute Gasteiger partial charge is 0.289 e. The van der Waals surface area contributed by atoms with Gasteiger partial charge >= 0.3 is 0 Å². The second-order valence-corrected chi connectivity index (χ2v) is 6.16. The van der Waals surface area contributed by atoms with Crippen molar-refractivity contribution >= 4 is 35.3 Å². The molecule has 0 fully saturated rings. The van der Waals surface area contributed by atoms with E-state index in [2.05, 4.69) is 20.7 Å². The maximum absolute atomic E-state index is 12.1. The Morgan fingerprint density at radius 2 is 1.96 bits per heavy atom. The molecule has 0 saturated carbocycles. The molecule has 2 aromatic carbocycles. The van der Waals surface area contributed by atoms with Crippen molar-refractivity contribution in [2.24, 2.45) is 5.10 Å². The van der Waals surface area contributed by atoms with E-state index in [0.29, 0.717) is 27.0 Å². The van der Waals surface area contributed by atoms with E-state index >= 15 is 0 Å². The van der Waals surface area contributed by atoms with Gasteiger partial charge in [0.15, 0.2) is 0 Å². The molecule has 3 aromatic rings. The predicted molar refractivity (Wildman–Crippen MR) is 100 cm³/mol. The first kappa shape index (κ1) is 17.2. The number of hydrazone groups is 1. The summed E-state index contributed by atoms with van der Waals surface area (Å²) in [5, 5.41) is 11.6. The Hall–Kier alpha value is -2.63. The smallest absolute Gasteiger partial charge is 0.272 e. The summed E-state index contributed by atoms with van der Waals surface area (Å²) in [7, 11) is 0. The minimum absolute atomic E-state index is 0.310. The molecular formula is C18H14Cl2N4O. The number of aryl methyl sites for hydroxylation is 1. The molecule has 1 amide bonds. The van der Waals surface area contributed by atoms with Crippen LogP contribution in [0.1, 0.15) is 21.6 Å². The number of carbonyl (C=O) groups is 1. The molecule has 0 spiro atoms. The number of carbonyl (C=O) groups excluding carboxylic acids is 1. The first-order valence-corrected chi connectivity index (χ1v) is 8.20. The van der Waals surface area contributed by atoms with Gasteiger partial charge in [0.25, 0.3) is 5.91 Å². The van der Waals surface area contributed by atoms with Gasteiger partial charge in [-0.25, -0.2) is 5.43 Å². The lowest BCUT2D eigenvalue weighted by Gasteiger charge is -2.00. The first-order valence-electron chi connectivity index (χ1n) is 7.44. The summed E-state index contributed by atoms with van der Waals surface area (Å²) < 4.78 is 0. The molecule has 0 saturated heterocycles. The van der Waals surface area contributed by atoms with E-state index in [-0.39, 0.29) is 0 Å². The van der Waals surface area contributed by atoms with Gasteiger partial charge in [-0.2, -0.15) is 10.2 Å². The first-order chi connectivity index (χ1) is 12.0. The van der Waals surface area contributed by atoms with Gasteiger partial charge < -0.3 is 0 Å². The number of halogens is 2. The van der Waals surface area contributed by atoms with Gasteiger partial charge in [0, 0.05) is 11.1 Å². The topological polar surface area (TPSA) is 70.1 Å². The summed E-state index contributed by atoms with van der Waals surface area (Å²) in [4.78, 5) is 12.1. The number of benzene rings is 2. The molecule has 1 heterocycles. The van der Waals surface area contributed by atoms with Gasteiger partial charge in [0.05, 0.1) is 22.0 Å². The van der Waals surface area contributed by atoms with E-state index in [1.807, 2.05) is 31.2 Å². The Labute approximate surface area is 154 Å². The summed E-state index contributed by atoms with van der Waals surface area (Å²) in [6.07, 6.45) is 1.43. The lowest BCUT2D eigenvalue weighted by molar-refractivity contribution is 0.0950. The van der Waals surface area contributed by atoms with Crippen LogP contribution in [0.15, 0.2) is 53.6 Å². The monoisotopic (exact) mass is 372 g/mol. The maximum Gasteiger partial charge on any atom is 0.289 e. The minimum Gasteiger partial charge on any atom is -0.272 e. The van der Waals surface area contributed by atoms with Crippen LogP contribution in [0.4, 0.5) is 0 Å². The molecule has 0 aliphatic heterocycles. The number of rotatable bonds is 4. The number of aromatic amines is 1. The van der Waals surface area contributed by atoms with Gasteiger partial charge in [0.1, 0.15) is 5.69 Å². The lowest BCUT2D eigenvalue weighted by Crippen LogP contribution is -2.18. The molecule has 1 aromatic heterocycles. The molecule has 0 aliphatic rings. The van der Waals surface area contributed by atoms with Crippen molar-refractivity contribution in [1.29, 1.82) is 0 Å². The predicted octanol–water partition coefficient (Wildman–Crippen LogP) is 4.46. The fourth-order valence-corrected chi connectivity index (χ4v) is 2.51. The van der Waals surface area contributed by atoms with Crippen molar-refractivity contribution in [1.82, 2.24) is 15.6 Å². The number of nitrogens with zero attached hydrogens (tertiary/aromatic N) is 2. The Bertz CT molecular complexity index is 933. The highest BCUT2D eigenvalue weighted by atomic mass is 35.5. The Morgan fingerprint density at radius 3 is 2.72 bits per heavy atom. The molecule has 0 unspecified atom stereocenters. The van der Waals surface area contributed by atoms with E-state index < -0.39 is 5.91 Å². The number of nitrogens with one attached hydrogen (secondary N) is 2. The fraction of sp³-hybridized carbons (Fsp3) is 0.0556. The van der Waals surface area contributed by atoms with E-state index in [0.717, 1.165) is 11.1 Å². The highest BCUT2D eigenvalue weighted by Gasteiger charge is 2.10. The SMILES string of the molecule is Cc1ccc(-c2cc(C(=O)N/N=C/c3cccc(Cl)c3Cl)[nH]n2)cc1. The van der Waals surface area contributed by atoms with Gasteiger partial charge in [0.2, 0.25) is 0 Å². The number of aromatic nitrogens is 2. The van der Waals surface area contributed by atoms with Crippen LogP contribution in [0.25, 0.3) is 11.3 Å². The van der Waals surface area contributed by atoms with Crippen LogP contribution >= 0.6 is 23.2 Å². The quantitative estimate of drug-likeness (QED) is 0.524. The average Bonchev–Trinajstić information content (AvgIpc) is 3.09. The molecule has 0 atom stereocenters. The maximum atomic E-state index is 12.1. The number of hydrogen-bond donors (Lipinski definition) is 2. The summed E-state index contributed by atoms with van der Waals surface area (Å²) in [6.45, 7) is 2.01. The van der Waals surface area contributed by atoms with Gasteiger partial charge in [-0.1, -0.05) is 65.2 Å².